The van der Waals surface area contributed by atoms with E-state index in [1.165, 1.54) is 12.8 Å². The number of rotatable bonds is 6. The minimum atomic E-state index is -0.253. The Balaban J connectivity index is 1.77. The van der Waals surface area contributed by atoms with Crippen LogP contribution in [0.3, 0.4) is 0 Å². The van der Waals surface area contributed by atoms with E-state index in [-0.39, 0.29) is 10.8 Å². The molecule has 94 valence electrons. The molecule has 1 fully saturated rings. The first-order chi connectivity index (χ1) is 8.16. The zero-order chi connectivity index (χ0) is 12.3. The number of benzene rings is 1. The Morgan fingerprint density at radius 1 is 1.47 bits per heavy atom. The lowest BCUT2D eigenvalue weighted by atomic mass is 10.0. The van der Waals surface area contributed by atoms with Crippen molar-refractivity contribution in [3.8, 4) is 0 Å². The second kappa shape index (κ2) is 5.83. The Hall–Kier alpha value is -0.600. The highest BCUT2D eigenvalue weighted by Crippen LogP contribution is 2.21. The zero-order valence-corrected chi connectivity index (χ0v) is 10.9. The van der Waals surface area contributed by atoms with Crippen LogP contribution in [0.25, 0.3) is 0 Å². The number of hydrogen-bond donors (Lipinski definition) is 1. The van der Waals surface area contributed by atoms with Gasteiger partial charge in [0.15, 0.2) is 0 Å². The second-order valence-electron chi connectivity index (χ2n) is 5.04. The SMILES string of the molecule is CC(CCc1cccc(Cl)c1F)CNC1CC1. The predicted molar refractivity (Wildman–Crippen MR) is 69.9 cm³/mol. The first kappa shape index (κ1) is 12.8. The van der Waals surface area contributed by atoms with Gasteiger partial charge in [-0.1, -0.05) is 30.7 Å². The molecule has 0 aromatic heterocycles. The first-order valence-electron chi connectivity index (χ1n) is 6.33. The molecule has 0 spiro atoms. The summed E-state index contributed by atoms with van der Waals surface area (Å²) in [6, 6.07) is 5.98. The van der Waals surface area contributed by atoms with Crippen LogP contribution in [0.5, 0.6) is 0 Å². The molecule has 0 amide bonds. The van der Waals surface area contributed by atoms with E-state index in [1.807, 2.05) is 12.1 Å². The van der Waals surface area contributed by atoms with Crippen LogP contribution >= 0.6 is 11.6 Å². The van der Waals surface area contributed by atoms with Gasteiger partial charge in [-0.25, -0.2) is 4.39 Å². The summed E-state index contributed by atoms with van der Waals surface area (Å²) < 4.78 is 13.6. The van der Waals surface area contributed by atoms with Gasteiger partial charge in [0.05, 0.1) is 5.02 Å². The predicted octanol–water partition coefficient (Wildman–Crippen LogP) is 3.80. The number of hydrogen-bond acceptors (Lipinski definition) is 1. The van der Waals surface area contributed by atoms with E-state index in [1.54, 1.807) is 6.07 Å². The fraction of sp³-hybridized carbons (Fsp3) is 0.571. The van der Waals surface area contributed by atoms with Crippen LogP contribution in [0.4, 0.5) is 4.39 Å². The molecule has 2 rings (SSSR count). The minimum absolute atomic E-state index is 0.228. The van der Waals surface area contributed by atoms with Crippen molar-refractivity contribution < 1.29 is 4.39 Å². The van der Waals surface area contributed by atoms with Crippen molar-refractivity contribution in [1.82, 2.24) is 5.32 Å². The average Bonchev–Trinajstić information content (AvgIpc) is 3.12. The Labute approximate surface area is 107 Å². The van der Waals surface area contributed by atoms with Gasteiger partial charge in [-0.3, -0.25) is 0 Å². The molecule has 0 heterocycles. The Morgan fingerprint density at radius 2 is 2.24 bits per heavy atom. The van der Waals surface area contributed by atoms with Crippen LogP contribution in [-0.2, 0) is 6.42 Å². The molecule has 1 N–H and O–H groups in total. The van der Waals surface area contributed by atoms with Crippen molar-refractivity contribution in [2.45, 2.75) is 38.6 Å². The molecule has 0 aliphatic heterocycles. The fourth-order valence-electron chi connectivity index (χ4n) is 1.90. The van der Waals surface area contributed by atoms with Crippen LogP contribution in [0.1, 0.15) is 31.7 Å². The fourth-order valence-corrected chi connectivity index (χ4v) is 2.09. The maximum Gasteiger partial charge on any atom is 0.144 e. The molecule has 1 aliphatic rings. The molecular weight excluding hydrogens is 237 g/mol. The third-order valence-electron chi connectivity index (χ3n) is 3.27. The van der Waals surface area contributed by atoms with Gasteiger partial charge in [-0.2, -0.15) is 0 Å². The molecule has 1 aromatic rings. The van der Waals surface area contributed by atoms with Crippen LogP contribution in [0, 0.1) is 11.7 Å². The highest BCUT2D eigenvalue weighted by atomic mass is 35.5. The highest BCUT2D eigenvalue weighted by molar-refractivity contribution is 6.30. The van der Waals surface area contributed by atoms with E-state index in [0.717, 1.165) is 31.0 Å². The summed E-state index contributed by atoms with van der Waals surface area (Å²) in [4.78, 5) is 0. The molecule has 3 heteroatoms. The smallest absolute Gasteiger partial charge is 0.144 e. The van der Waals surface area contributed by atoms with Crippen molar-refractivity contribution in [3.05, 3.63) is 34.6 Å². The van der Waals surface area contributed by atoms with Crippen molar-refractivity contribution in [1.29, 1.82) is 0 Å². The van der Waals surface area contributed by atoms with Crippen molar-refractivity contribution in [2.75, 3.05) is 6.54 Å². The largest absolute Gasteiger partial charge is 0.314 e. The van der Waals surface area contributed by atoms with Gasteiger partial charge in [-0.15, -0.1) is 0 Å². The molecule has 1 aromatic carbocycles. The molecule has 0 radical (unpaired) electrons. The molecule has 1 nitrogen and oxygen atoms in total. The Morgan fingerprint density at radius 3 is 2.94 bits per heavy atom. The van der Waals surface area contributed by atoms with E-state index < -0.39 is 0 Å². The monoisotopic (exact) mass is 255 g/mol. The quantitative estimate of drug-likeness (QED) is 0.815. The van der Waals surface area contributed by atoms with Crippen LogP contribution in [0.15, 0.2) is 18.2 Å². The Bertz CT molecular complexity index is 376. The third kappa shape index (κ3) is 3.97. The summed E-state index contributed by atoms with van der Waals surface area (Å²) in [6.07, 6.45) is 4.39. The van der Waals surface area contributed by atoms with Gasteiger partial charge < -0.3 is 5.32 Å². The summed E-state index contributed by atoms with van der Waals surface area (Å²) >= 11 is 5.75. The minimum Gasteiger partial charge on any atom is -0.314 e. The average molecular weight is 256 g/mol. The zero-order valence-electron chi connectivity index (χ0n) is 10.2. The third-order valence-corrected chi connectivity index (χ3v) is 3.56. The van der Waals surface area contributed by atoms with E-state index in [2.05, 4.69) is 12.2 Å². The van der Waals surface area contributed by atoms with Crippen molar-refractivity contribution in [3.63, 3.8) is 0 Å². The number of aryl methyl sites for hydroxylation is 1. The van der Waals surface area contributed by atoms with Crippen molar-refractivity contribution in [2.24, 2.45) is 5.92 Å². The lowest BCUT2D eigenvalue weighted by Gasteiger charge is -2.12. The van der Waals surface area contributed by atoms with Gasteiger partial charge in [0.1, 0.15) is 5.82 Å². The molecule has 1 unspecified atom stereocenters. The van der Waals surface area contributed by atoms with E-state index >= 15 is 0 Å². The topological polar surface area (TPSA) is 12.0 Å². The van der Waals surface area contributed by atoms with Crippen LogP contribution in [-0.4, -0.2) is 12.6 Å². The Kier molecular flexibility index (Phi) is 4.41. The van der Waals surface area contributed by atoms with Crippen molar-refractivity contribution >= 4 is 11.6 Å². The summed E-state index contributed by atoms with van der Waals surface area (Å²) in [7, 11) is 0. The lowest BCUT2D eigenvalue weighted by molar-refractivity contribution is 0.474. The van der Waals surface area contributed by atoms with Gasteiger partial charge in [0, 0.05) is 6.04 Å². The second-order valence-corrected chi connectivity index (χ2v) is 5.45. The summed E-state index contributed by atoms with van der Waals surface area (Å²) in [5.74, 6) is 0.325. The summed E-state index contributed by atoms with van der Waals surface area (Å²) in [6.45, 7) is 3.24. The normalized spacial score (nSPS) is 17.1. The number of nitrogens with one attached hydrogen (secondary N) is 1. The van der Waals surface area contributed by atoms with Crippen LogP contribution in [0.2, 0.25) is 5.02 Å². The highest BCUT2D eigenvalue weighted by Gasteiger charge is 2.20. The molecular formula is C14H19ClFN. The summed E-state index contributed by atoms with van der Waals surface area (Å²) in [5, 5.41) is 3.73. The summed E-state index contributed by atoms with van der Waals surface area (Å²) in [5.41, 5.74) is 0.732. The van der Waals surface area contributed by atoms with E-state index in [9.17, 15) is 4.39 Å². The molecule has 17 heavy (non-hydrogen) atoms. The maximum absolute atomic E-state index is 13.6. The number of halogens is 2. The van der Waals surface area contributed by atoms with Gasteiger partial charge in [-0.05, 0) is 49.8 Å². The molecule has 1 atom stereocenters. The standard InChI is InChI=1S/C14H19ClFN/c1-10(9-17-12-7-8-12)5-6-11-3-2-4-13(15)14(11)16/h2-4,10,12,17H,5-9H2,1H3. The van der Waals surface area contributed by atoms with Gasteiger partial charge in [0.2, 0.25) is 0 Å². The molecule has 0 bridgehead atoms. The van der Waals surface area contributed by atoms with Gasteiger partial charge in [0.25, 0.3) is 0 Å². The molecule has 1 aliphatic carbocycles. The van der Waals surface area contributed by atoms with Gasteiger partial charge >= 0.3 is 0 Å². The van der Waals surface area contributed by atoms with Crippen LogP contribution < -0.4 is 5.32 Å². The lowest BCUT2D eigenvalue weighted by Crippen LogP contribution is -2.23. The van der Waals surface area contributed by atoms with E-state index in [4.69, 9.17) is 11.6 Å². The molecule has 1 saturated carbocycles. The first-order valence-corrected chi connectivity index (χ1v) is 6.71. The maximum atomic E-state index is 13.6. The van der Waals surface area contributed by atoms with E-state index in [0.29, 0.717) is 5.92 Å². The molecule has 0 saturated heterocycles.